The minimum absolute atomic E-state index is 0.304. The molecule has 6 heteroatoms. The lowest BCUT2D eigenvalue weighted by Crippen LogP contribution is -2.24. The number of rotatable bonds is 4. The van der Waals surface area contributed by atoms with Gasteiger partial charge in [-0.2, -0.15) is 5.10 Å². The summed E-state index contributed by atoms with van der Waals surface area (Å²) in [6.07, 6.45) is 1.69. The van der Waals surface area contributed by atoms with Crippen LogP contribution < -0.4 is 5.32 Å². The highest BCUT2D eigenvalue weighted by Gasteiger charge is 2.10. The number of hydrogen-bond acceptors (Lipinski definition) is 2. The summed E-state index contributed by atoms with van der Waals surface area (Å²) in [7, 11) is 0. The number of carbonyl (C=O) groups is 1. The van der Waals surface area contributed by atoms with Crippen LogP contribution in [0.1, 0.15) is 23.0 Å². The first-order valence-corrected chi connectivity index (χ1v) is 6.65. The molecule has 1 N–H and O–H groups in total. The number of aromatic nitrogens is 2. The lowest BCUT2D eigenvalue weighted by molar-refractivity contribution is 0.0949. The van der Waals surface area contributed by atoms with E-state index in [1.54, 1.807) is 16.9 Å². The van der Waals surface area contributed by atoms with Gasteiger partial charge in [-0.1, -0.05) is 6.07 Å². The first-order valence-electron chi connectivity index (χ1n) is 5.85. The molecule has 0 spiro atoms. The van der Waals surface area contributed by atoms with Crippen LogP contribution >= 0.6 is 15.9 Å². The Hall–Kier alpha value is -1.69. The molecule has 0 bridgehead atoms. The maximum absolute atomic E-state index is 13.0. The van der Waals surface area contributed by atoms with Gasteiger partial charge in [0, 0.05) is 12.1 Å². The predicted molar refractivity (Wildman–Crippen MR) is 73.2 cm³/mol. The smallest absolute Gasteiger partial charge is 0.251 e. The molecule has 0 unspecified atom stereocenters. The molecule has 0 aliphatic carbocycles. The maximum Gasteiger partial charge on any atom is 0.251 e. The van der Waals surface area contributed by atoms with Gasteiger partial charge in [-0.15, -0.1) is 0 Å². The van der Waals surface area contributed by atoms with Crippen molar-refractivity contribution in [3.05, 3.63) is 52.0 Å². The molecule has 0 fully saturated rings. The number of amides is 1. The van der Waals surface area contributed by atoms with Gasteiger partial charge < -0.3 is 5.32 Å². The van der Waals surface area contributed by atoms with Crippen molar-refractivity contribution in [1.29, 1.82) is 0 Å². The molecule has 100 valence electrons. The quantitative estimate of drug-likeness (QED) is 0.939. The third kappa shape index (κ3) is 3.20. The SMILES string of the molecule is CCn1ncc(Br)c1CNC(=O)c1cccc(F)c1. The van der Waals surface area contributed by atoms with Crippen LogP contribution in [0.5, 0.6) is 0 Å². The van der Waals surface area contributed by atoms with Crippen molar-refractivity contribution in [1.82, 2.24) is 15.1 Å². The fourth-order valence-corrected chi connectivity index (χ4v) is 2.17. The van der Waals surface area contributed by atoms with Gasteiger partial charge in [-0.3, -0.25) is 9.48 Å². The summed E-state index contributed by atoms with van der Waals surface area (Å²) < 4.78 is 15.7. The molecular formula is C13H13BrFN3O. The number of hydrogen-bond donors (Lipinski definition) is 1. The Balaban J connectivity index is 2.06. The molecule has 4 nitrogen and oxygen atoms in total. The van der Waals surface area contributed by atoms with Crippen molar-refractivity contribution in [3.63, 3.8) is 0 Å². The van der Waals surface area contributed by atoms with Crippen LogP contribution in [0.2, 0.25) is 0 Å². The molecule has 1 amide bonds. The van der Waals surface area contributed by atoms with E-state index < -0.39 is 5.82 Å². The molecule has 19 heavy (non-hydrogen) atoms. The molecule has 0 saturated heterocycles. The third-order valence-corrected chi connectivity index (χ3v) is 3.36. The molecule has 0 aliphatic rings. The van der Waals surface area contributed by atoms with Crippen molar-refractivity contribution < 1.29 is 9.18 Å². The Kier molecular flexibility index (Phi) is 4.31. The van der Waals surface area contributed by atoms with Crippen LogP contribution in [0.4, 0.5) is 4.39 Å². The Labute approximate surface area is 118 Å². The van der Waals surface area contributed by atoms with Crippen molar-refractivity contribution in [2.24, 2.45) is 0 Å². The number of carbonyl (C=O) groups excluding carboxylic acids is 1. The summed E-state index contributed by atoms with van der Waals surface area (Å²) in [5.74, 6) is -0.734. The Morgan fingerprint density at radius 1 is 1.53 bits per heavy atom. The lowest BCUT2D eigenvalue weighted by atomic mass is 10.2. The molecule has 0 aliphatic heterocycles. The van der Waals surface area contributed by atoms with Gasteiger partial charge in [0.05, 0.1) is 22.9 Å². The molecule has 0 saturated carbocycles. The number of aryl methyl sites for hydroxylation is 1. The standard InChI is InChI=1S/C13H13BrFN3O/c1-2-18-12(11(14)7-17-18)8-16-13(19)9-4-3-5-10(15)6-9/h3-7H,2,8H2,1H3,(H,16,19). The number of nitrogens with one attached hydrogen (secondary N) is 1. The molecule has 1 aromatic heterocycles. The highest BCUT2D eigenvalue weighted by Crippen LogP contribution is 2.15. The first-order chi connectivity index (χ1) is 9.11. The molecule has 0 atom stereocenters. The normalized spacial score (nSPS) is 10.5. The van der Waals surface area contributed by atoms with Crippen molar-refractivity contribution in [2.45, 2.75) is 20.0 Å². The Morgan fingerprint density at radius 2 is 2.32 bits per heavy atom. The molecule has 2 rings (SSSR count). The minimum atomic E-state index is -0.424. The average Bonchev–Trinajstić information content (AvgIpc) is 2.76. The second-order valence-electron chi connectivity index (χ2n) is 3.95. The zero-order valence-electron chi connectivity index (χ0n) is 10.4. The van der Waals surface area contributed by atoms with E-state index in [4.69, 9.17) is 0 Å². The zero-order chi connectivity index (χ0) is 13.8. The van der Waals surface area contributed by atoms with Gasteiger partial charge in [-0.05, 0) is 41.1 Å². The summed E-state index contributed by atoms with van der Waals surface area (Å²) in [5.41, 5.74) is 1.19. The third-order valence-electron chi connectivity index (χ3n) is 2.70. The minimum Gasteiger partial charge on any atom is -0.346 e. The summed E-state index contributed by atoms with van der Waals surface area (Å²) >= 11 is 3.38. The fourth-order valence-electron chi connectivity index (χ4n) is 1.73. The summed E-state index contributed by atoms with van der Waals surface area (Å²) in [6, 6.07) is 5.60. The number of nitrogens with zero attached hydrogens (tertiary/aromatic N) is 2. The summed E-state index contributed by atoms with van der Waals surface area (Å²) in [6.45, 7) is 3.03. The van der Waals surface area contributed by atoms with E-state index in [-0.39, 0.29) is 5.91 Å². The van der Waals surface area contributed by atoms with E-state index in [2.05, 4.69) is 26.3 Å². The van der Waals surface area contributed by atoms with E-state index in [0.717, 1.165) is 16.7 Å². The second-order valence-corrected chi connectivity index (χ2v) is 4.80. The van der Waals surface area contributed by atoms with Crippen LogP contribution in [-0.4, -0.2) is 15.7 Å². The molecule has 1 heterocycles. The average molecular weight is 326 g/mol. The molecule has 2 aromatic rings. The van der Waals surface area contributed by atoms with Gasteiger partial charge in [0.2, 0.25) is 0 Å². The second kappa shape index (κ2) is 5.97. The first kappa shape index (κ1) is 13.7. The van der Waals surface area contributed by atoms with Gasteiger partial charge in [0.15, 0.2) is 0 Å². The van der Waals surface area contributed by atoms with Crippen LogP contribution in [0.3, 0.4) is 0 Å². The van der Waals surface area contributed by atoms with Crippen LogP contribution in [0.15, 0.2) is 34.9 Å². The lowest BCUT2D eigenvalue weighted by Gasteiger charge is -2.08. The van der Waals surface area contributed by atoms with E-state index in [1.165, 1.54) is 18.2 Å². The van der Waals surface area contributed by atoms with Gasteiger partial charge in [-0.25, -0.2) is 4.39 Å². The molecule has 0 radical (unpaired) electrons. The maximum atomic E-state index is 13.0. The van der Waals surface area contributed by atoms with Gasteiger partial charge >= 0.3 is 0 Å². The van der Waals surface area contributed by atoms with Crippen LogP contribution in [0, 0.1) is 5.82 Å². The van der Waals surface area contributed by atoms with Crippen molar-refractivity contribution >= 4 is 21.8 Å². The number of benzene rings is 1. The van der Waals surface area contributed by atoms with E-state index >= 15 is 0 Å². The van der Waals surface area contributed by atoms with Crippen molar-refractivity contribution in [2.75, 3.05) is 0 Å². The van der Waals surface area contributed by atoms with E-state index in [0.29, 0.717) is 12.1 Å². The Morgan fingerprint density at radius 3 is 3.00 bits per heavy atom. The fraction of sp³-hybridized carbons (Fsp3) is 0.231. The predicted octanol–water partition coefficient (Wildman–Crippen LogP) is 2.73. The summed E-state index contributed by atoms with van der Waals surface area (Å²) in [4.78, 5) is 11.9. The largest absolute Gasteiger partial charge is 0.346 e. The van der Waals surface area contributed by atoms with E-state index in [1.807, 2.05) is 6.92 Å². The van der Waals surface area contributed by atoms with E-state index in [9.17, 15) is 9.18 Å². The topological polar surface area (TPSA) is 46.9 Å². The highest BCUT2D eigenvalue weighted by molar-refractivity contribution is 9.10. The Bertz CT molecular complexity index is 597. The zero-order valence-corrected chi connectivity index (χ0v) is 11.9. The van der Waals surface area contributed by atoms with Crippen LogP contribution in [-0.2, 0) is 13.1 Å². The molecule has 1 aromatic carbocycles. The van der Waals surface area contributed by atoms with Gasteiger partial charge in [0.25, 0.3) is 5.91 Å². The highest BCUT2D eigenvalue weighted by atomic mass is 79.9. The monoisotopic (exact) mass is 325 g/mol. The van der Waals surface area contributed by atoms with Gasteiger partial charge in [0.1, 0.15) is 5.82 Å². The van der Waals surface area contributed by atoms with Crippen LogP contribution in [0.25, 0.3) is 0 Å². The molecular weight excluding hydrogens is 313 g/mol. The summed E-state index contributed by atoms with van der Waals surface area (Å²) in [5, 5.41) is 6.91. The number of halogens is 2. The van der Waals surface area contributed by atoms with Crippen molar-refractivity contribution in [3.8, 4) is 0 Å².